The molecule has 104 valence electrons. The van der Waals surface area contributed by atoms with Gasteiger partial charge in [0.15, 0.2) is 0 Å². The third-order valence-corrected chi connectivity index (χ3v) is 4.96. The summed E-state index contributed by atoms with van der Waals surface area (Å²) in [4.78, 5) is 17.1. The van der Waals surface area contributed by atoms with Crippen molar-refractivity contribution in [2.45, 2.75) is 43.8 Å². The van der Waals surface area contributed by atoms with Gasteiger partial charge in [-0.05, 0) is 31.7 Å². The summed E-state index contributed by atoms with van der Waals surface area (Å²) in [6.07, 6.45) is 4.51. The van der Waals surface area contributed by atoms with Crippen molar-refractivity contribution in [3.63, 3.8) is 0 Å². The maximum absolute atomic E-state index is 12.4. The van der Waals surface area contributed by atoms with Gasteiger partial charge in [0.2, 0.25) is 0 Å². The first kappa shape index (κ1) is 13.3. The zero-order valence-electron chi connectivity index (χ0n) is 10.7. The van der Waals surface area contributed by atoms with Gasteiger partial charge in [-0.1, -0.05) is 23.2 Å². The fraction of sp³-hybridized carbons (Fsp3) is 0.615. The Kier molecular flexibility index (Phi) is 3.50. The van der Waals surface area contributed by atoms with Crippen LogP contribution >= 0.6 is 23.2 Å². The molecular formula is C13H17Cl2N3O. The van der Waals surface area contributed by atoms with Crippen LogP contribution in [-0.4, -0.2) is 41.0 Å². The van der Waals surface area contributed by atoms with Gasteiger partial charge in [-0.15, -0.1) is 0 Å². The molecule has 0 aromatic carbocycles. The zero-order valence-corrected chi connectivity index (χ0v) is 12.3. The van der Waals surface area contributed by atoms with E-state index in [9.17, 15) is 4.79 Å². The fourth-order valence-electron chi connectivity index (χ4n) is 3.22. The first-order valence-electron chi connectivity index (χ1n) is 6.62. The monoisotopic (exact) mass is 301 g/mol. The normalized spacial score (nSPS) is 29.5. The minimum Gasteiger partial charge on any atom is -0.340 e. The van der Waals surface area contributed by atoms with Crippen LogP contribution in [0.1, 0.15) is 36.2 Å². The van der Waals surface area contributed by atoms with Crippen LogP contribution < -0.4 is 5.32 Å². The maximum Gasteiger partial charge on any atom is 0.270 e. The molecule has 2 saturated heterocycles. The van der Waals surface area contributed by atoms with Crippen LogP contribution in [0.2, 0.25) is 10.2 Å². The number of rotatable bonds is 2. The molecule has 2 aliphatic rings. The number of H-pyrrole nitrogens is 1. The molecule has 2 atom stereocenters. The lowest BCUT2D eigenvalue weighted by Gasteiger charge is -2.35. The SMILES string of the molecule is CN(C(=O)c1cc(Cl)c(Cl)[nH]1)C1CC2CCC(C1)N2. The third kappa shape index (κ3) is 2.49. The molecule has 0 saturated carbocycles. The second kappa shape index (κ2) is 5.00. The highest BCUT2D eigenvalue weighted by molar-refractivity contribution is 6.41. The van der Waals surface area contributed by atoms with Gasteiger partial charge < -0.3 is 15.2 Å². The van der Waals surface area contributed by atoms with Crippen molar-refractivity contribution < 1.29 is 4.79 Å². The standard InChI is InChI=1S/C13H17Cl2N3O/c1-18(9-4-7-2-3-8(5-9)16-7)13(19)11-6-10(14)12(15)17-11/h6-9,16-17H,2-5H2,1H3. The lowest BCUT2D eigenvalue weighted by molar-refractivity contribution is 0.0676. The van der Waals surface area contributed by atoms with Gasteiger partial charge in [0.25, 0.3) is 5.91 Å². The Balaban J connectivity index is 1.73. The molecule has 0 aliphatic carbocycles. The van der Waals surface area contributed by atoms with E-state index in [0.717, 1.165) is 12.8 Å². The summed E-state index contributed by atoms with van der Waals surface area (Å²) in [6.45, 7) is 0. The van der Waals surface area contributed by atoms with Gasteiger partial charge in [0.1, 0.15) is 10.8 Å². The van der Waals surface area contributed by atoms with Crippen LogP contribution in [0.25, 0.3) is 0 Å². The third-order valence-electron chi connectivity index (χ3n) is 4.27. The number of hydrogen-bond donors (Lipinski definition) is 2. The number of carbonyl (C=O) groups excluding carboxylic acids is 1. The molecule has 1 amide bonds. The Morgan fingerprint density at radius 3 is 2.47 bits per heavy atom. The first-order chi connectivity index (χ1) is 9.04. The molecule has 19 heavy (non-hydrogen) atoms. The Labute approximate surface area is 122 Å². The minimum atomic E-state index is -0.0416. The summed E-state index contributed by atoms with van der Waals surface area (Å²) in [5.74, 6) is -0.0416. The highest BCUT2D eigenvalue weighted by atomic mass is 35.5. The van der Waals surface area contributed by atoms with E-state index in [1.807, 2.05) is 11.9 Å². The molecule has 2 N–H and O–H groups in total. The molecule has 4 nitrogen and oxygen atoms in total. The number of carbonyl (C=O) groups is 1. The number of piperidine rings is 1. The number of fused-ring (bicyclic) bond motifs is 2. The van der Waals surface area contributed by atoms with Crippen molar-refractivity contribution in [3.05, 3.63) is 21.9 Å². The predicted molar refractivity (Wildman–Crippen MR) is 75.9 cm³/mol. The van der Waals surface area contributed by atoms with E-state index in [-0.39, 0.29) is 5.91 Å². The summed E-state index contributed by atoms with van der Waals surface area (Å²) in [5, 5.41) is 4.29. The van der Waals surface area contributed by atoms with Crippen molar-refractivity contribution in [2.24, 2.45) is 0 Å². The molecule has 3 rings (SSSR count). The van der Waals surface area contributed by atoms with Crippen molar-refractivity contribution in [2.75, 3.05) is 7.05 Å². The summed E-state index contributed by atoms with van der Waals surface area (Å²) < 4.78 is 0. The predicted octanol–water partition coefficient (Wildman–Crippen LogP) is 2.68. The lowest BCUT2D eigenvalue weighted by Crippen LogP contribution is -2.48. The summed E-state index contributed by atoms with van der Waals surface area (Å²) >= 11 is 11.7. The van der Waals surface area contributed by atoms with Crippen LogP contribution in [0.4, 0.5) is 0 Å². The molecule has 2 unspecified atom stereocenters. The molecule has 0 radical (unpaired) electrons. The molecule has 2 bridgehead atoms. The Morgan fingerprint density at radius 1 is 1.32 bits per heavy atom. The van der Waals surface area contributed by atoms with Crippen LogP contribution in [0.3, 0.4) is 0 Å². The maximum atomic E-state index is 12.4. The van der Waals surface area contributed by atoms with E-state index < -0.39 is 0 Å². The van der Waals surface area contributed by atoms with Gasteiger partial charge in [-0.25, -0.2) is 0 Å². The van der Waals surface area contributed by atoms with Gasteiger partial charge in [0.05, 0.1) is 5.02 Å². The highest BCUT2D eigenvalue weighted by Crippen LogP contribution is 2.30. The lowest BCUT2D eigenvalue weighted by atomic mass is 9.98. The number of nitrogens with one attached hydrogen (secondary N) is 2. The van der Waals surface area contributed by atoms with Crippen molar-refractivity contribution in [3.8, 4) is 0 Å². The van der Waals surface area contributed by atoms with Gasteiger partial charge in [-0.2, -0.15) is 0 Å². The molecular weight excluding hydrogens is 285 g/mol. The van der Waals surface area contributed by atoms with Crippen molar-refractivity contribution in [1.82, 2.24) is 15.2 Å². The fourth-order valence-corrected chi connectivity index (χ4v) is 3.53. The van der Waals surface area contributed by atoms with Crippen molar-refractivity contribution >= 4 is 29.1 Å². The molecule has 2 fully saturated rings. The summed E-state index contributed by atoms with van der Waals surface area (Å²) in [6, 6.07) is 3.02. The number of hydrogen-bond acceptors (Lipinski definition) is 2. The van der Waals surface area contributed by atoms with Crippen LogP contribution in [0.5, 0.6) is 0 Å². The van der Waals surface area contributed by atoms with E-state index in [2.05, 4.69) is 10.3 Å². The zero-order chi connectivity index (χ0) is 13.6. The van der Waals surface area contributed by atoms with E-state index in [1.165, 1.54) is 12.8 Å². The van der Waals surface area contributed by atoms with Gasteiger partial charge in [-0.3, -0.25) is 4.79 Å². The second-order valence-electron chi connectivity index (χ2n) is 5.52. The average molecular weight is 302 g/mol. The van der Waals surface area contributed by atoms with Gasteiger partial charge in [0, 0.05) is 25.2 Å². The molecule has 0 spiro atoms. The molecule has 2 aliphatic heterocycles. The number of nitrogens with zero attached hydrogens (tertiary/aromatic N) is 1. The largest absolute Gasteiger partial charge is 0.340 e. The molecule has 1 aromatic heterocycles. The highest BCUT2D eigenvalue weighted by Gasteiger charge is 2.36. The van der Waals surface area contributed by atoms with E-state index in [4.69, 9.17) is 23.2 Å². The quantitative estimate of drug-likeness (QED) is 0.882. The Morgan fingerprint density at radius 2 is 1.95 bits per heavy atom. The second-order valence-corrected chi connectivity index (χ2v) is 6.31. The molecule has 6 heteroatoms. The minimum absolute atomic E-state index is 0.0416. The van der Waals surface area contributed by atoms with Gasteiger partial charge >= 0.3 is 0 Å². The Bertz CT molecular complexity index is 471. The summed E-state index contributed by atoms with van der Waals surface area (Å²) in [7, 11) is 1.86. The summed E-state index contributed by atoms with van der Waals surface area (Å²) in [5.41, 5.74) is 0.461. The molecule has 1 aromatic rings. The smallest absolute Gasteiger partial charge is 0.270 e. The average Bonchev–Trinajstić information content (AvgIpc) is 2.91. The van der Waals surface area contributed by atoms with Crippen LogP contribution in [-0.2, 0) is 0 Å². The molecule has 3 heterocycles. The van der Waals surface area contributed by atoms with E-state index in [0.29, 0.717) is 34.0 Å². The topological polar surface area (TPSA) is 48.1 Å². The first-order valence-corrected chi connectivity index (χ1v) is 7.37. The van der Waals surface area contributed by atoms with Crippen LogP contribution in [0.15, 0.2) is 6.07 Å². The van der Waals surface area contributed by atoms with Crippen LogP contribution in [0, 0.1) is 0 Å². The van der Waals surface area contributed by atoms with E-state index >= 15 is 0 Å². The number of aromatic nitrogens is 1. The number of halogens is 2. The Hall–Kier alpha value is -0.710. The van der Waals surface area contributed by atoms with E-state index in [1.54, 1.807) is 6.07 Å². The number of aromatic amines is 1. The van der Waals surface area contributed by atoms with Crippen molar-refractivity contribution in [1.29, 1.82) is 0 Å². The number of amides is 1.